The molecule has 3 rings (SSSR count). The molecule has 1 saturated carbocycles. The third-order valence-corrected chi connectivity index (χ3v) is 5.32. The van der Waals surface area contributed by atoms with Crippen molar-refractivity contribution in [1.29, 1.82) is 0 Å². The summed E-state index contributed by atoms with van der Waals surface area (Å²) in [4.78, 5) is 24.2. The van der Waals surface area contributed by atoms with E-state index in [1.807, 2.05) is 17.9 Å². The Kier molecular flexibility index (Phi) is 6.41. The number of likely N-dealkylation sites (tertiary alicyclic amines) is 1. The lowest BCUT2D eigenvalue weighted by molar-refractivity contribution is -0.122. The Morgan fingerprint density at radius 2 is 2.04 bits per heavy atom. The Hall–Kier alpha value is -2.09. The molecule has 2 amide bonds. The second-order valence-electron chi connectivity index (χ2n) is 7.28. The van der Waals surface area contributed by atoms with Gasteiger partial charge in [-0.2, -0.15) is 5.10 Å². The maximum Gasteiger partial charge on any atom is 0.317 e. The van der Waals surface area contributed by atoms with Crippen LogP contribution in [0.4, 0.5) is 4.79 Å². The van der Waals surface area contributed by atoms with E-state index in [2.05, 4.69) is 21.4 Å². The van der Waals surface area contributed by atoms with Crippen molar-refractivity contribution in [1.82, 2.24) is 24.9 Å². The van der Waals surface area contributed by atoms with Gasteiger partial charge in [0.05, 0.1) is 5.69 Å². The molecular weight excluding hydrogens is 322 g/mol. The predicted octanol–water partition coefficient (Wildman–Crippen LogP) is 1.14. The van der Waals surface area contributed by atoms with Gasteiger partial charge in [-0.3, -0.25) is 14.4 Å². The number of piperidine rings is 1. The van der Waals surface area contributed by atoms with E-state index in [0.29, 0.717) is 11.5 Å². The highest BCUT2D eigenvalue weighted by Gasteiger charge is 2.46. The first-order chi connectivity index (χ1) is 11.9. The van der Waals surface area contributed by atoms with Crippen molar-refractivity contribution >= 4 is 12.5 Å². The Balaban J connectivity index is 0.000000701. The number of nitrogens with zero attached hydrogens (tertiary/aromatic N) is 4. The normalized spacial score (nSPS) is 19.5. The molecule has 25 heavy (non-hydrogen) atoms. The first kappa shape index (κ1) is 19.2. The van der Waals surface area contributed by atoms with E-state index in [0.717, 1.165) is 32.5 Å². The zero-order valence-corrected chi connectivity index (χ0v) is 15.3. The van der Waals surface area contributed by atoms with Crippen LogP contribution in [0.25, 0.3) is 0 Å². The Labute approximate surface area is 148 Å². The fourth-order valence-electron chi connectivity index (χ4n) is 3.77. The topological polar surface area (TPSA) is 90.7 Å². The highest BCUT2D eigenvalue weighted by Crippen LogP contribution is 2.49. The summed E-state index contributed by atoms with van der Waals surface area (Å²) < 4.78 is 1.96. The van der Waals surface area contributed by atoms with E-state index in [9.17, 15) is 4.79 Å². The van der Waals surface area contributed by atoms with E-state index < -0.39 is 0 Å². The summed E-state index contributed by atoms with van der Waals surface area (Å²) in [6.45, 7) is 3.05. The van der Waals surface area contributed by atoms with Gasteiger partial charge in [0.25, 0.3) is 6.47 Å². The number of aryl methyl sites for hydroxylation is 1. The maximum absolute atomic E-state index is 11.7. The monoisotopic (exact) mass is 351 g/mol. The van der Waals surface area contributed by atoms with Crippen molar-refractivity contribution in [2.24, 2.45) is 12.5 Å². The van der Waals surface area contributed by atoms with Crippen LogP contribution in [0.2, 0.25) is 0 Å². The molecule has 140 valence electrons. The van der Waals surface area contributed by atoms with E-state index in [1.54, 1.807) is 19.0 Å². The first-order valence-electron chi connectivity index (χ1n) is 8.64. The van der Waals surface area contributed by atoms with Crippen molar-refractivity contribution in [2.75, 3.05) is 27.2 Å². The number of hydrogen-bond donors (Lipinski definition) is 2. The number of aromatic nitrogens is 2. The molecule has 8 nitrogen and oxygen atoms in total. The molecule has 0 bridgehead atoms. The van der Waals surface area contributed by atoms with Crippen LogP contribution in [0.3, 0.4) is 0 Å². The number of hydrogen-bond acceptors (Lipinski definition) is 4. The molecule has 2 N–H and O–H groups in total. The SMILES string of the molecule is CN(C)C(=O)NC1CC2(CCN(Cc3ccnn3C)CC2)C1.O=CO. The van der Waals surface area contributed by atoms with Crippen molar-refractivity contribution in [3.63, 3.8) is 0 Å². The minimum Gasteiger partial charge on any atom is -0.483 e. The number of rotatable bonds is 3. The number of urea groups is 1. The van der Waals surface area contributed by atoms with Gasteiger partial charge in [0.1, 0.15) is 0 Å². The smallest absolute Gasteiger partial charge is 0.317 e. The zero-order valence-electron chi connectivity index (χ0n) is 15.3. The van der Waals surface area contributed by atoms with E-state index in [4.69, 9.17) is 9.90 Å². The molecule has 1 aromatic rings. The lowest BCUT2D eigenvalue weighted by atomic mass is 9.60. The summed E-state index contributed by atoms with van der Waals surface area (Å²) >= 11 is 0. The van der Waals surface area contributed by atoms with Crippen LogP contribution in [0.5, 0.6) is 0 Å². The van der Waals surface area contributed by atoms with Gasteiger partial charge in [-0.1, -0.05) is 0 Å². The fourth-order valence-corrected chi connectivity index (χ4v) is 3.77. The van der Waals surface area contributed by atoms with Gasteiger partial charge < -0.3 is 15.3 Å². The third-order valence-electron chi connectivity index (χ3n) is 5.32. The van der Waals surface area contributed by atoms with Crippen molar-refractivity contribution in [3.8, 4) is 0 Å². The number of carbonyl (C=O) groups excluding carboxylic acids is 1. The Morgan fingerprint density at radius 3 is 2.52 bits per heavy atom. The Bertz CT molecular complexity index is 571. The molecule has 8 heteroatoms. The summed E-state index contributed by atoms with van der Waals surface area (Å²) in [5.74, 6) is 0. The molecule has 0 radical (unpaired) electrons. The minimum atomic E-state index is -0.250. The first-order valence-corrected chi connectivity index (χ1v) is 8.64. The molecule has 1 saturated heterocycles. The number of amides is 2. The second-order valence-corrected chi connectivity index (χ2v) is 7.28. The molecule has 2 heterocycles. The molecule has 2 fully saturated rings. The lowest BCUT2D eigenvalue weighted by Gasteiger charge is -2.52. The zero-order chi connectivity index (χ0) is 18.4. The van der Waals surface area contributed by atoms with E-state index in [-0.39, 0.29) is 12.5 Å². The molecule has 2 aliphatic rings. The summed E-state index contributed by atoms with van der Waals surface area (Å²) in [5, 5.41) is 14.2. The van der Waals surface area contributed by atoms with Crippen LogP contribution in [0.1, 0.15) is 31.4 Å². The van der Waals surface area contributed by atoms with Gasteiger partial charge in [-0.05, 0) is 50.3 Å². The summed E-state index contributed by atoms with van der Waals surface area (Å²) in [6.07, 6.45) is 6.65. The highest BCUT2D eigenvalue weighted by atomic mass is 16.3. The van der Waals surface area contributed by atoms with Crippen molar-refractivity contribution in [2.45, 2.75) is 38.3 Å². The van der Waals surface area contributed by atoms with Crippen molar-refractivity contribution < 1.29 is 14.7 Å². The number of carbonyl (C=O) groups is 2. The van der Waals surface area contributed by atoms with Gasteiger partial charge in [0, 0.05) is 39.9 Å². The van der Waals surface area contributed by atoms with Crippen molar-refractivity contribution in [3.05, 3.63) is 18.0 Å². The van der Waals surface area contributed by atoms with Crippen LogP contribution in [-0.2, 0) is 18.4 Å². The third kappa shape index (κ3) is 4.94. The molecule has 1 spiro atoms. The van der Waals surface area contributed by atoms with Gasteiger partial charge in [0.2, 0.25) is 0 Å². The van der Waals surface area contributed by atoms with Gasteiger partial charge in [-0.15, -0.1) is 0 Å². The molecule has 1 aromatic heterocycles. The summed E-state index contributed by atoms with van der Waals surface area (Å²) in [6, 6.07) is 2.51. The average molecular weight is 351 g/mol. The average Bonchev–Trinajstić information content (AvgIpc) is 2.93. The number of carboxylic acid groups (broad SMARTS) is 1. The van der Waals surface area contributed by atoms with Gasteiger partial charge >= 0.3 is 6.03 Å². The largest absolute Gasteiger partial charge is 0.483 e. The highest BCUT2D eigenvalue weighted by molar-refractivity contribution is 5.74. The molecule has 0 atom stereocenters. The molecule has 0 aromatic carbocycles. The molecular formula is C17H29N5O3. The van der Waals surface area contributed by atoms with Gasteiger partial charge in [-0.25, -0.2) is 4.79 Å². The van der Waals surface area contributed by atoms with Gasteiger partial charge in [0.15, 0.2) is 0 Å². The quantitative estimate of drug-likeness (QED) is 0.797. The number of nitrogens with one attached hydrogen (secondary N) is 1. The lowest BCUT2D eigenvalue weighted by Crippen LogP contribution is -2.56. The molecule has 0 unspecified atom stereocenters. The standard InChI is InChI=1S/C16H27N5O.CH2O2/c1-19(2)15(22)18-13-10-16(11-13)5-8-21(9-6-16)12-14-4-7-17-20(14)3;2-1-3/h4,7,13H,5-6,8-12H2,1-3H3,(H,18,22);1H,(H,2,3). The van der Waals surface area contributed by atoms with Crippen LogP contribution >= 0.6 is 0 Å². The predicted molar refractivity (Wildman–Crippen MR) is 94.1 cm³/mol. The van der Waals surface area contributed by atoms with Crippen LogP contribution in [0.15, 0.2) is 12.3 Å². The molecule has 1 aliphatic carbocycles. The van der Waals surface area contributed by atoms with Crippen LogP contribution < -0.4 is 5.32 Å². The van der Waals surface area contributed by atoms with Crippen LogP contribution in [0, 0.1) is 5.41 Å². The fraction of sp³-hybridized carbons (Fsp3) is 0.706. The minimum absolute atomic E-state index is 0.0356. The van der Waals surface area contributed by atoms with E-state index in [1.165, 1.54) is 18.5 Å². The van der Waals surface area contributed by atoms with E-state index >= 15 is 0 Å². The summed E-state index contributed by atoms with van der Waals surface area (Å²) in [5.41, 5.74) is 1.76. The second kappa shape index (κ2) is 8.33. The maximum atomic E-state index is 11.7. The summed E-state index contributed by atoms with van der Waals surface area (Å²) in [7, 11) is 5.59. The molecule has 1 aliphatic heterocycles. The van der Waals surface area contributed by atoms with Crippen LogP contribution in [-0.4, -0.2) is 70.4 Å². The Morgan fingerprint density at radius 1 is 1.44 bits per heavy atom.